The van der Waals surface area contributed by atoms with Crippen molar-refractivity contribution in [2.24, 2.45) is 5.73 Å². The Hall–Kier alpha value is -1.31. The number of benzene rings is 1. The van der Waals surface area contributed by atoms with Crippen LogP contribution in [0.15, 0.2) is 29.2 Å². The van der Waals surface area contributed by atoms with E-state index >= 15 is 0 Å². The van der Waals surface area contributed by atoms with Crippen molar-refractivity contribution >= 4 is 27.7 Å². The van der Waals surface area contributed by atoms with E-state index in [9.17, 15) is 13.2 Å². The maximum Gasteiger partial charge on any atom is 0.404 e. The minimum Gasteiger partial charge on any atom is -0.448 e. The number of sulfonamides is 1. The molecule has 0 fully saturated rings. The zero-order chi connectivity index (χ0) is 14.3. The van der Waals surface area contributed by atoms with Crippen LogP contribution in [0, 0.1) is 0 Å². The van der Waals surface area contributed by atoms with Crippen LogP contribution < -0.4 is 10.5 Å². The summed E-state index contributed by atoms with van der Waals surface area (Å²) in [6.45, 7) is -0.145. The summed E-state index contributed by atoms with van der Waals surface area (Å²) in [5, 5.41) is 0. The molecule has 1 aromatic carbocycles. The lowest BCUT2D eigenvalue weighted by Gasteiger charge is -2.07. The molecule has 0 aliphatic heterocycles. The molecule has 1 rings (SSSR count). The largest absolute Gasteiger partial charge is 0.448 e. The van der Waals surface area contributed by atoms with E-state index in [1.54, 1.807) is 12.1 Å². The van der Waals surface area contributed by atoms with E-state index in [2.05, 4.69) is 9.46 Å². The molecule has 0 radical (unpaired) electrons. The highest BCUT2D eigenvalue weighted by Gasteiger charge is 2.13. The fourth-order valence-electron chi connectivity index (χ4n) is 1.36. The molecule has 0 bridgehead atoms. The van der Waals surface area contributed by atoms with Crippen molar-refractivity contribution in [3.05, 3.63) is 29.8 Å². The second-order valence-electron chi connectivity index (χ2n) is 3.65. The summed E-state index contributed by atoms with van der Waals surface area (Å²) in [6.07, 6.45) is -0.258. The molecule has 0 aliphatic rings. The van der Waals surface area contributed by atoms with Gasteiger partial charge < -0.3 is 10.5 Å². The molecule has 106 valence electrons. The minimum atomic E-state index is -3.61. The van der Waals surface area contributed by atoms with Crippen LogP contribution in [0.4, 0.5) is 4.79 Å². The third-order valence-electron chi connectivity index (χ3n) is 2.26. The van der Waals surface area contributed by atoms with Gasteiger partial charge in [0.1, 0.15) is 6.61 Å². The summed E-state index contributed by atoms with van der Waals surface area (Å²) >= 11 is 5.59. The number of hydrogen-bond donors (Lipinski definition) is 2. The Balaban J connectivity index is 2.59. The van der Waals surface area contributed by atoms with Crippen molar-refractivity contribution in [2.45, 2.75) is 11.3 Å². The molecule has 0 aliphatic carbocycles. The van der Waals surface area contributed by atoms with Gasteiger partial charge in [0.25, 0.3) is 0 Å². The number of amides is 1. The van der Waals surface area contributed by atoms with Crippen LogP contribution >= 0.6 is 11.6 Å². The standard InChI is InChI=1S/C11H15ClN2O4S/c12-6-5-9-1-3-10(4-2-9)19(16,17)14-7-8-18-11(13)15/h1-4,14H,5-8H2,(H2,13,15). The number of carbonyl (C=O) groups excluding carboxylic acids is 1. The third kappa shape index (κ3) is 5.46. The van der Waals surface area contributed by atoms with Gasteiger partial charge in [-0.25, -0.2) is 17.9 Å². The maximum absolute atomic E-state index is 11.8. The molecule has 3 N–H and O–H groups in total. The summed E-state index contributed by atoms with van der Waals surface area (Å²) < 4.78 is 30.4. The van der Waals surface area contributed by atoms with Crippen molar-refractivity contribution < 1.29 is 17.9 Å². The van der Waals surface area contributed by atoms with E-state index in [0.29, 0.717) is 12.3 Å². The van der Waals surface area contributed by atoms with E-state index in [1.165, 1.54) is 12.1 Å². The van der Waals surface area contributed by atoms with Crippen LogP contribution in [-0.4, -0.2) is 33.5 Å². The number of alkyl halides is 1. The molecule has 1 amide bonds. The first-order valence-corrected chi connectivity index (χ1v) is 7.54. The highest BCUT2D eigenvalue weighted by molar-refractivity contribution is 7.89. The lowest BCUT2D eigenvalue weighted by molar-refractivity contribution is 0.159. The average Bonchev–Trinajstić information content (AvgIpc) is 2.36. The molecule has 0 atom stereocenters. The molecule has 0 saturated heterocycles. The van der Waals surface area contributed by atoms with E-state index in [1.807, 2.05) is 0 Å². The monoisotopic (exact) mass is 306 g/mol. The zero-order valence-corrected chi connectivity index (χ0v) is 11.7. The van der Waals surface area contributed by atoms with Crippen LogP contribution in [0.3, 0.4) is 0 Å². The molecule has 0 heterocycles. The Kier molecular flexibility index (Phi) is 6.07. The first-order valence-electron chi connectivity index (χ1n) is 5.52. The molecule has 1 aromatic rings. The van der Waals surface area contributed by atoms with Crippen LogP contribution in [0.2, 0.25) is 0 Å². The average molecular weight is 307 g/mol. The van der Waals surface area contributed by atoms with Crippen molar-refractivity contribution in [3.63, 3.8) is 0 Å². The lowest BCUT2D eigenvalue weighted by atomic mass is 10.2. The second kappa shape index (κ2) is 7.32. The predicted octanol–water partition coefficient (Wildman–Crippen LogP) is 0.842. The topological polar surface area (TPSA) is 98.5 Å². The summed E-state index contributed by atoms with van der Waals surface area (Å²) in [6, 6.07) is 6.41. The highest BCUT2D eigenvalue weighted by Crippen LogP contribution is 2.11. The van der Waals surface area contributed by atoms with Crippen molar-refractivity contribution in [1.29, 1.82) is 0 Å². The third-order valence-corrected chi connectivity index (χ3v) is 3.92. The summed E-state index contributed by atoms with van der Waals surface area (Å²) in [5.74, 6) is 0.481. The smallest absolute Gasteiger partial charge is 0.404 e. The van der Waals surface area contributed by atoms with E-state index in [0.717, 1.165) is 5.56 Å². The van der Waals surface area contributed by atoms with Crippen LogP contribution in [0.5, 0.6) is 0 Å². The van der Waals surface area contributed by atoms with Crippen molar-refractivity contribution in [1.82, 2.24) is 4.72 Å². The highest BCUT2D eigenvalue weighted by atomic mass is 35.5. The molecule has 0 aromatic heterocycles. The SMILES string of the molecule is NC(=O)OCCNS(=O)(=O)c1ccc(CCCl)cc1. The van der Waals surface area contributed by atoms with Gasteiger partial charge in [0.2, 0.25) is 10.0 Å². The van der Waals surface area contributed by atoms with Gasteiger partial charge in [0, 0.05) is 12.4 Å². The molecule has 8 heteroatoms. The normalized spacial score (nSPS) is 11.2. The van der Waals surface area contributed by atoms with Crippen LogP contribution in [0.1, 0.15) is 5.56 Å². The first kappa shape index (κ1) is 15.7. The Morgan fingerprint density at radius 1 is 1.32 bits per heavy atom. The molecule has 0 saturated carbocycles. The number of nitrogens with two attached hydrogens (primary N) is 1. The van der Waals surface area contributed by atoms with Gasteiger partial charge in [0.15, 0.2) is 0 Å². The lowest BCUT2D eigenvalue weighted by Crippen LogP contribution is -2.29. The van der Waals surface area contributed by atoms with E-state index in [4.69, 9.17) is 17.3 Å². The quantitative estimate of drug-likeness (QED) is 0.576. The van der Waals surface area contributed by atoms with Crippen molar-refractivity contribution in [2.75, 3.05) is 19.0 Å². The number of aryl methyl sites for hydroxylation is 1. The van der Waals surface area contributed by atoms with Crippen LogP contribution in [0.25, 0.3) is 0 Å². The number of halogens is 1. The van der Waals surface area contributed by atoms with Gasteiger partial charge in [-0.2, -0.15) is 0 Å². The van der Waals surface area contributed by atoms with Gasteiger partial charge in [0.05, 0.1) is 4.90 Å². The Morgan fingerprint density at radius 3 is 2.47 bits per heavy atom. The number of ether oxygens (including phenoxy) is 1. The molecule has 0 unspecified atom stereocenters. The molecular weight excluding hydrogens is 292 g/mol. The van der Waals surface area contributed by atoms with Gasteiger partial charge in [-0.05, 0) is 24.1 Å². The fraction of sp³-hybridized carbons (Fsp3) is 0.364. The Morgan fingerprint density at radius 2 is 1.95 bits per heavy atom. The fourth-order valence-corrected chi connectivity index (χ4v) is 2.59. The summed E-state index contributed by atoms with van der Waals surface area (Å²) in [4.78, 5) is 10.4. The van der Waals surface area contributed by atoms with Gasteiger partial charge in [-0.15, -0.1) is 11.6 Å². The molecular formula is C11H15ClN2O4S. The van der Waals surface area contributed by atoms with E-state index < -0.39 is 16.1 Å². The minimum absolute atomic E-state index is 0.0330. The Labute approximate surface area is 116 Å². The first-order chi connectivity index (χ1) is 8.95. The predicted molar refractivity (Wildman–Crippen MR) is 71.6 cm³/mol. The van der Waals surface area contributed by atoms with Crippen LogP contribution in [-0.2, 0) is 21.2 Å². The molecule has 19 heavy (non-hydrogen) atoms. The van der Waals surface area contributed by atoms with Crippen molar-refractivity contribution in [3.8, 4) is 0 Å². The van der Waals surface area contributed by atoms with Gasteiger partial charge >= 0.3 is 6.09 Å². The molecule has 6 nitrogen and oxygen atoms in total. The second-order valence-corrected chi connectivity index (χ2v) is 5.79. The summed E-state index contributed by atoms with van der Waals surface area (Å²) in [5.41, 5.74) is 5.71. The number of primary amides is 1. The summed E-state index contributed by atoms with van der Waals surface area (Å²) in [7, 11) is -3.61. The van der Waals surface area contributed by atoms with Gasteiger partial charge in [-0.1, -0.05) is 12.1 Å². The number of rotatable bonds is 7. The van der Waals surface area contributed by atoms with E-state index in [-0.39, 0.29) is 18.0 Å². The van der Waals surface area contributed by atoms with Gasteiger partial charge in [-0.3, -0.25) is 0 Å². The molecule has 0 spiro atoms. The zero-order valence-electron chi connectivity index (χ0n) is 10.1. The maximum atomic E-state index is 11.8. The Bertz CT molecular complexity index is 516. The number of hydrogen-bond acceptors (Lipinski definition) is 4. The number of nitrogens with one attached hydrogen (secondary N) is 1. The number of carbonyl (C=O) groups is 1.